The number of nitrogens with zero attached hydrogens (tertiary/aromatic N) is 1. The van der Waals surface area contributed by atoms with E-state index in [1.54, 1.807) is 41.5 Å². The minimum absolute atomic E-state index is 0.156. The van der Waals surface area contributed by atoms with E-state index in [1.807, 2.05) is 0 Å². The largest absolute Gasteiger partial charge is 0.444 e. The second-order valence-corrected chi connectivity index (χ2v) is 10.1. The van der Waals surface area contributed by atoms with Crippen molar-refractivity contribution in [3.8, 4) is 0 Å². The van der Waals surface area contributed by atoms with Crippen molar-refractivity contribution in [2.24, 2.45) is 17.3 Å². The van der Waals surface area contributed by atoms with Crippen LogP contribution in [0.1, 0.15) is 73.6 Å². The molecular weight excluding hydrogens is 390 g/mol. The van der Waals surface area contributed by atoms with Gasteiger partial charge in [0.25, 0.3) is 5.91 Å². The summed E-state index contributed by atoms with van der Waals surface area (Å²) in [6.45, 7) is 10.2. The molecule has 1 saturated carbocycles. The lowest BCUT2D eigenvalue weighted by molar-refractivity contribution is -0.155. The maximum Gasteiger partial charge on any atom is 0.414 e. The summed E-state index contributed by atoms with van der Waals surface area (Å²) in [5.74, 6) is -1.45. The Kier molecular flexibility index (Phi) is 9.27. The Bertz CT molecular complexity index is 617. The summed E-state index contributed by atoms with van der Waals surface area (Å²) in [4.78, 5) is 48.6. The number of rotatable bonds is 8. The molecule has 2 atom stereocenters. The van der Waals surface area contributed by atoms with Gasteiger partial charge in [-0.25, -0.2) is 9.86 Å². The highest BCUT2D eigenvalue weighted by atomic mass is 16.6. The van der Waals surface area contributed by atoms with E-state index in [4.69, 9.17) is 4.74 Å². The zero-order valence-corrected chi connectivity index (χ0v) is 19.0. The van der Waals surface area contributed by atoms with Gasteiger partial charge in [-0.05, 0) is 38.5 Å². The van der Waals surface area contributed by atoms with Crippen molar-refractivity contribution in [1.29, 1.82) is 0 Å². The van der Waals surface area contributed by atoms with Crippen LogP contribution in [0.25, 0.3) is 0 Å². The van der Waals surface area contributed by atoms with Crippen LogP contribution >= 0.6 is 0 Å². The van der Waals surface area contributed by atoms with Crippen molar-refractivity contribution < 1.29 is 29.1 Å². The van der Waals surface area contributed by atoms with Crippen LogP contribution in [0.4, 0.5) is 4.79 Å². The number of alkyl carbamates (subject to hydrolysis) is 1. The van der Waals surface area contributed by atoms with Crippen molar-refractivity contribution in [3.05, 3.63) is 0 Å². The molecular formula is C21H37N3O6. The Balaban J connectivity index is 2.90. The van der Waals surface area contributed by atoms with E-state index in [2.05, 4.69) is 10.6 Å². The molecule has 0 spiro atoms. The molecule has 0 unspecified atom stereocenters. The molecule has 9 heteroatoms. The molecule has 0 saturated heterocycles. The van der Waals surface area contributed by atoms with Gasteiger partial charge in [0.15, 0.2) is 0 Å². The molecule has 0 aromatic rings. The quantitative estimate of drug-likeness (QED) is 0.311. The molecule has 1 aliphatic rings. The predicted octanol–water partition coefficient (Wildman–Crippen LogP) is 2.61. The number of amides is 4. The average Bonchev–Trinajstić information content (AvgIpc) is 3.08. The minimum atomic E-state index is -1.01. The number of hydroxylamine groups is 2. The molecule has 9 nitrogen and oxygen atoms in total. The fourth-order valence-corrected chi connectivity index (χ4v) is 3.59. The van der Waals surface area contributed by atoms with E-state index in [-0.39, 0.29) is 13.0 Å². The third-order valence-electron chi connectivity index (χ3n) is 5.03. The summed E-state index contributed by atoms with van der Waals surface area (Å²) in [5.41, 5.74) is -1.46. The van der Waals surface area contributed by atoms with Crippen molar-refractivity contribution in [1.82, 2.24) is 15.7 Å². The Morgan fingerprint density at radius 1 is 1.10 bits per heavy atom. The molecule has 172 valence electrons. The van der Waals surface area contributed by atoms with Crippen LogP contribution in [-0.2, 0) is 19.1 Å². The van der Waals surface area contributed by atoms with E-state index in [0.717, 1.165) is 25.7 Å². The first-order chi connectivity index (χ1) is 13.7. The van der Waals surface area contributed by atoms with Crippen LogP contribution < -0.4 is 10.6 Å². The zero-order chi connectivity index (χ0) is 23.1. The van der Waals surface area contributed by atoms with E-state index in [1.165, 1.54) is 0 Å². The number of hydrogen-bond acceptors (Lipinski definition) is 6. The van der Waals surface area contributed by atoms with Gasteiger partial charge in [0.05, 0.1) is 12.5 Å². The van der Waals surface area contributed by atoms with Gasteiger partial charge in [-0.2, -0.15) is 0 Å². The summed E-state index contributed by atoms with van der Waals surface area (Å²) in [5, 5.41) is 15.0. The van der Waals surface area contributed by atoms with Gasteiger partial charge in [0.1, 0.15) is 11.6 Å². The Hall–Kier alpha value is -2.16. The molecule has 0 aromatic heterocycles. The molecule has 0 heterocycles. The Morgan fingerprint density at radius 3 is 2.13 bits per heavy atom. The normalized spacial score (nSPS) is 17.0. The van der Waals surface area contributed by atoms with Crippen LogP contribution in [0.3, 0.4) is 0 Å². The fraction of sp³-hybridized carbons (Fsp3) is 0.810. The molecule has 30 heavy (non-hydrogen) atoms. The van der Waals surface area contributed by atoms with Crippen LogP contribution in [-0.4, -0.2) is 52.8 Å². The van der Waals surface area contributed by atoms with Crippen LogP contribution in [0, 0.1) is 17.3 Å². The molecule has 1 fully saturated rings. The summed E-state index contributed by atoms with van der Waals surface area (Å²) < 4.78 is 5.12. The van der Waals surface area contributed by atoms with E-state index < -0.39 is 40.9 Å². The lowest BCUT2D eigenvalue weighted by atomic mass is 9.85. The van der Waals surface area contributed by atoms with Gasteiger partial charge in [0, 0.05) is 0 Å². The van der Waals surface area contributed by atoms with Gasteiger partial charge in [-0.1, -0.05) is 46.5 Å². The summed E-state index contributed by atoms with van der Waals surface area (Å²) in [6, 6.07) is -1.01. The molecule has 3 N–H and O–H groups in total. The first-order valence-electron chi connectivity index (χ1n) is 10.5. The Morgan fingerprint density at radius 2 is 1.67 bits per heavy atom. The molecule has 1 rings (SSSR count). The summed E-state index contributed by atoms with van der Waals surface area (Å²) in [7, 11) is 0. The molecule has 1 aliphatic carbocycles. The third kappa shape index (κ3) is 9.11. The molecule has 0 aromatic carbocycles. The van der Waals surface area contributed by atoms with E-state index in [9.17, 15) is 24.4 Å². The third-order valence-corrected chi connectivity index (χ3v) is 5.03. The number of carbonyl (C=O) groups is 4. The maximum atomic E-state index is 13.0. The monoisotopic (exact) mass is 427 g/mol. The van der Waals surface area contributed by atoms with Crippen molar-refractivity contribution in [3.63, 3.8) is 0 Å². The number of ether oxygens (including phenoxy) is 1. The average molecular weight is 428 g/mol. The highest BCUT2D eigenvalue weighted by molar-refractivity contribution is 5.97. The van der Waals surface area contributed by atoms with Crippen molar-refractivity contribution in [2.75, 3.05) is 6.54 Å². The van der Waals surface area contributed by atoms with Gasteiger partial charge < -0.3 is 10.1 Å². The van der Waals surface area contributed by atoms with Crippen LogP contribution in [0.2, 0.25) is 0 Å². The summed E-state index contributed by atoms with van der Waals surface area (Å²) >= 11 is 0. The second-order valence-electron chi connectivity index (χ2n) is 10.1. The first kappa shape index (κ1) is 25.9. The zero-order valence-electron chi connectivity index (χ0n) is 19.0. The van der Waals surface area contributed by atoms with Gasteiger partial charge in [-0.15, -0.1) is 0 Å². The lowest BCUT2D eigenvalue weighted by Crippen LogP contribution is -2.56. The number of hydrogen-bond donors (Lipinski definition) is 3. The Labute approximate surface area is 178 Å². The van der Waals surface area contributed by atoms with E-state index in [0.29, 0.717) is 17.4 Å². The second kappa shape index (κ2) is 10.7. The highest BCUT2D eigenvalue weighted by Gasteiger charge is 2.37. The minimum Gasteiger partial charge on any atom is -0.444 e. The standard InChI is InChI=1S/C21H37N3O6/c1-20(2,3)16(18(27)23-19(28)30-21(4,5)6)22-17(26)15(12-24(29)13-25)11-14-9-7-8-10-14/h13-16,29H,7-12H2,1-6H3,(H,22,26)(H,23,27,28)/t15-,16+/m0/s1. The van der Waals surface area contributed by atoms with Gasteiger partial charge in [0.2, 0.25) is 12.3 Å². The fourth-order valence-electron chi connectivity index (χ4n) is 3.59. The molecule has 0 aliphatic heterocycles. The summed E-state index contributed by atoms with van der Waals surface area (Å²) in [6.07, 6.45) is 4.07. The lowest BCUT2D eigenvalue weighted by Gasteiger charge is -2.32. The highest BCUT2D eigenvalue weighted by Crippen LogP contribution is 2.31. The topological polar surface area (TPSA) is 125 Å². The van der Waals surface area contributed by atoms with Crippen molar-refractivity contribution >= 4 is 24.3 Å². The molecule has 0 bridgehead atoms. The van der Waals surface area contributed by atoms with Gasteiger partial charge >= 0.3 is 6.09 Å². The van der Waals surface area contributed by atoms with Gasteiger partial charge in [-0.3, -0.25) is 24.9 Å². The van der Waals surface area contributed by atoms with Crippen LogP contribution in [0.15, 0.2) is 0 Å². The molecule has 0 radical (unpaired) electrons. The maximum absolute atomic E-state index is 13.0. The number of imide groups is 1. The van der Waals surface area contributed by atoms with Crippen molar-refractivity contribution in [2.45, 2.75) is 85.3 Å². The van der Waals surface area contributed by atoms with Crippen LogP contribution in [0.5, 0.6) is 0 Å². The number of carbonyl (C=O) groups excluding carboxylic acids is 4. The van der Waals surface area contributed by atoms with E-state index >= 15 is 0 Å². The SMILES string of the molecule is CC(C)(C)OC(=O)NC(=O)[C@@H](NC(=O)[C@@H](CC1CCCC1)CN(O)C=O)C(C)(C)C. The predicted molar refractivity (Wildman–Crippen MR) is 110 cm³/mol. The number of nitrogens with one attached hydrogen (secondary N) is 2. The first-order valence-corrected chi connectivity index (χ1v) is 10.5. The molecule has 4 amide bonds. The smallest absolute Gasteiger partial charge is 0.414 e.